The molecule has 1 N–H and O–H groups in total. The fraction of sp³-hybridized carbons (Fsp3) is 0.227. The van der Waals surface area contributed by atoms with Crippen molar-refractivity contribution >= 4 is 40.5 Å². The number of furan rings is 1. The Morgan fingerprint density at radius 1 is 1.00 bits per heavy atom. The van der Waals surface area contributed by atoms with Crippen molar-refractivity contribution in [2.24, 2.45) is 0 Å². The second kappa shape index (κ2) is 9.05. The normalized spacial score (nSPS) is 14.5. The van der Waals surface area contributed by atoms with Gasteiger partial charge in [0, 0.05) is 23.7 Å². The summed E-state index contributed by atoms with van der Waals surface area (Å²) in [5.74, 6) is -0.468. The molecular formula is C22H17Cl2F3N2O3. The summed E-state index contributed by atoms with van der Waals surface area (Å²) in [6, 6.07) is 11.0. The summed E-state index contributed by atoms with van der Waals surface area (Å²) in [6.45, 7) is 1.87. The molecule has 0 atom stereocenters. The average molecular weight is 485 g/mol. The topological polar surface area (TPSA) is 54.7 Å². The highest BCUT2D eigenvalue weighted by atomic mass is 35.5. The summed E-state index contributed by atoms with van der Waals surface area (Å²) in [5.41, 5.74) is 0.131. The van der Waals surface area contributed by atoms with Gasteiger partial charge in [0.2, 0.25) is 0 Å². The van der Waals surface area contributed by atoms with Crippen molar-refractivity contribution in [2.45, 2.75) is 6.18 Å². The average Bonchev–Trinajstić information content (AvgIpc) is 3.25. The summed E-state index contributed by atoms with van der Waals surface area (Å²) < 4.78 is 50.7. The molecule has 4 rings (SSSR count). The number of benzene rings is 2. The smallest absolute Gasteiger partial charge is 0.416 e. The van der Waals surface area contributed by atoms with E-state index in [4.69, 9.17) is 32.4 Å². The van der Waals surface area contributed by atoms with Gasteiger partial charge < -0.3 is 19.4 Å². The van der Waals surface area contributed by atoms with E-state index in [1.54, 1.807) is 24.3 Å². The van der Waals surface area contributed by atoms with Crippen LogP contribution in [0.15, 0.2) is 52.9 Å². The summed E-state index contributed by atoms with van der Waals surface area (Å²) >= 11 is 12.2. The number of halogens is 5. The lowest BCUT2D eigenvalue weighted by Crippen LogP contribution is -2.36. The summed E-state index contributed by atoms with van der Waals surface area (Å²) in [5, 5.41) is 3.37. The lowest BCUT2D eigenvalue weighted by atomic mass is 10.1. The van der Waals surface area contributed by atoms with Gasteiger partial charge in [0.1, 0.15) is 5.76 Å². The van der Waals surface area contributed by atoms with E-state index in [1.807, 2.05) is 4.90 Å². The molecule has 1 aliphatic heterocycles. The molecule has 10 heteroatoms. The van der Waals surface area contributed by atoms with Crippen LogP contribution in [-0.4, -0.2) is 32.2 Å². The van der Waals surface area contributed by atoms with Crippen LogP contribution in [0, 0.1) is 0 Å². The molecule has 0 spiro atoms. The number of hydrogen-bond donors (Lipinski definition) is 1. The maximum atomic E-state index is 13.3. The van der Waals surface area contributed by atoms with Gasteiger partial charge in [0.25, 0.3) is 5.91 Å². The van der Waals surface area contributed by atoms with Crippen molar-refractivity contribution in [2.75, 3.05) is 36.5 Å². The van der Waals surface area contributed by atoms with Crippen LogP contribution in [0.4, 0.5) is 24.5 Å². The van der Waals surface area contributed by atoms with E-state index < -0.39 is 17.6 Å². The van der Waals surface area contributed by atoms with E-state index in [9.17, 15) is 18.0 Å². The van der Waals surface area contributed by atoms with Crippen molar-refractivity contribution in [3.05, 3.63) is 69.9 Å². The van der Waals surface area contributed by atoms with Gasteiger partial charge in [-0.2, -0.15) is 13.2 Å². The molecule has 1 saturated heterocycles. The first-order valence-electron chi connectivity index (χ1n) is 9.63. The van der Waals surface area contributed by atoms with Gasteiger partial charge in [-0.1, -0.05) is 23.2 Å². The zero-order valence-corrected chi connectivity index (χ0v) is 18.0. The minimum Gasteiger partial charge on any atom is -0.451 e. The Bertz CT molecular complexity index is 1140. The molecule has 5 nitrogen and oxygen atoms in total. The van der Waals surface area contributed by atoms with Crippen LogP contribution in [0.25, 0.3) is 11.3 Å². The number of ether oxygens (including phenoxy) is 1. The van der Waals surface area contributed by atoms with Crippen molar-refractivity contribution in [1.29, 1.82) is 0 Å². The molecular weight excluding hydrogens is 468 g/mol. The van der Waals surface area contributed by atoms with Gasteiger partial charge in [-0.3, -0.25) is 4.79 Å². The number of nitrogens with one attached hydrogen (secondary N) is 1. The molecule has 0 unspecified atom stereocenters. The van der Waals surface area contributed by atoms with Crippen LogP contribution in [0.1, 0.15) is 16.1 Å². The first kappa shape index (κ1) is 22.5. The first-order valence-corrected chi connectivity index (χ1v) is 10.4. The van der Waals surface area contributed by atoms with E-state index in [1.165, 1.54) is 12.1 Å². The van der Waals surface area contributed by atoms with Crippen LogP contribution >= 0.6 is 23.2 Å². The van der Waals surface area contributed by atoms with Crippen LogP contribution in [0.3, 0.4) is 0 Å². The van der Waals surface area contributed by atoms with Crippen molar-refractivity contribution in [3.63, 3.8) is 0 Å². The molecule has 1 amide bonds. The third-order valence-electron chi connectivity index (χ3n) is 4.95. The zero-order valence-electron chi connectivity index (χ0n) is 16.5. The fourth-order valence-electron chi connectivity index (χ4n) is 3.37. The predicted octanol–water partition coefficient (Wildman–Crippen LogP) is 6.36. The van der Waals surface area contributed by atoms with E-state index in [-0.39, 0.29) is 11.4 Å². The quantitative estimate of drug-likeness (QED) is 0.467. The Balaban J connectivity index is 1.63. The Hall–Kier alpha value is -2.68. The zero-order chi connectivity index (χ0) is 22.9. The number of morpholine rings is 1. The lowest BCUT2D eigenvalue weighted by Gasteiger charge is -2.30. The highest BCUT2D eigenvalue weighted by Gasteiger charge is 2.32. The van der Waals surface area contributed by atoms with Crippen molar-refractivity contribution in [1.82, 2.24) is 0 Å². The largest absolute Gasteiger partial charge is 0.451 e. The van der Waals surface area contributed by atoms with Crippen LogP contribution in [0.2, 0.25) is 10.0 Å². The molecule has 1 aliphatic rings. The molecule has 1 fully saturated rings. The highest BCUT2D eigenvalue weighted by molar-refractivity contribution is 6.35. The number of amides is 1. The third kappa shape index (κ3) is 4.87. The Labute approximate surface area is 191 Å². The molecule has 0 radical (unpaired) electrons. The van der Waals surface area contributed by atoms with E-state index in [2.05, 4.69) is 5.32 Å². The standard InChI is InChI=1S/C22H17Cl2F3N2O3/c23-14-2-3-16(24)15(12-14)19-5-6-20(32-19)21(30)28-17-11-13(22(25,26)27)1-4-18(17)29-7-9-31-10-8-29/h1-6,11-12H,7-10H2,(H,28,30). The van der Waals surface area contributed by atoms with Crippen LogP contribution < -0.4 is 10.2 Å². The van der Waals surface area contributed by atoms with Gasteiger partial charge in [0.05, 0.1) is 35.2 Å². The Morgan fingerprint density at radius 3 is 2.47 bits per heavy atom. The number of carbonyl (C=O) groups excluding carboxylic acids is 1. The fourth-order valence-corrected chi connectivity index (χ4v) is 3.75. The Kier molecular flexibility index (Phi) is 6.37. The molecule has 0 aliphatic carbocycles. The van der Waals surface area contributed by atoms with Crippen molar-refractivity contribution < 1.29 is 27.1 Å². The summed E-state index contributed by atoms with van der Waals surface area (Å²) in [6.07, 6.45) is -4.55. The van der Waals surface area contributed by atoms with Gasteiger partial charge >= 0.3 is 6.18 Å². The first-order chi connectivity index (χ1) is 15.2. The van der Waals surface area contributed by atoms with Gasteiger partial charge in [-0.05, 0) is 48.5 Å². The maximum Gasteiger partial charge on any atom is 0.416 e. The maximum absolute atomic E-state index is 13.3. The molecule has 2 heterocycles. The summed E-state index contributed by atoms with van der Waals surface area (Å²) in [7, 11) is 0. The minimum absolute atomic E-state index is 0.0328. The molecule has 0 bridgehead atoms. The van der Waals surface area contributed by atoms with Crippen LogP contribution in [0.5, 0.6) is 0 Å². The van der Waals surface area contributed by atoms with Crippen molar-refractivity contribution in [3.8, 4) is 11.3 Å². The predicted molar refractivity (Wildman–Crippen MR) is 117 cm³/mol. The second-order valence-corrected chi connectivity index (χ2v) is 7.91. The van der Waals surface area contributed by atoms with Gasteiger partial charge in [0.15, 0.2) is 5.76 Å². The van der Waals surface area contributed by atoms with E-state index in [0.717, 1.165) is 12.1 Å². The molecule has 0 saturated carbocycles. The number of carbonyl (C=O) groups is 1. The van der Waals surface area contributed by atoms with Gasteiger partial charge in [-0.25, -0.2) is 0 Å². The number of alkyl halides is 3. The Morgan fingerprint density at radius 2 is 1.75 bits per heavy atom. The minimum atomic E-state index is -4.55. The van der Waals surface area contributed by atoms with Gasteiger partial charge in [-0.15, -0.1) is 0 Å². The monoisotopic (exact) mass is 484 g/mol. The number of nitrogens with zero attached hydrogens (tertiary/aromatic N) is 1. The number of hydrogen-bond acceptors (Lipinski definition) is 4. The van der Waals surface area contributed by atoms with E-state index >= 15 is 0 Å². The lowest BCUT2D eigenvalue weighted by molar-refractivity contribution is -0.137. The molecule has 1 aromatic heterocycles. The highest BCUT2D eigenvalue weighted by Crippen LogP contribution is 2.36. The molecule has 3 aromatic rings. The summed E-state index contributed by atoms with van der Waals surface area (Å²) in [4.78, 5) is 14.7. The molecule has 2 aromatic carbocycles. The molecule has 32 heavy (non-hydrogen) atoms. The SMILES string of the molecule is O=C(Nc1cc(C(F)(F)F)ccc1N1CCOCC1)c1ccc(-c2cc(Cl)ccc2Cl)o1. The molecule has 168 valence electrons. The van der Waals surface area contributed by atoms with Crippen LogP contribution in [-0.2, 0) is 10.9 Å². The number of anilines is 2. The van der Waals surface area contributed by atoms with E-state index in [0.29, 0.717) is 53.4 Å². The third-order valence-corrected chi connectivity index (χ3v) is 5.51. The number of rotatable bonds is 4. The second-order valence-electron chi connectivity index (χ2n) is 7.07.